The summed E-state index contributed by atoms with van der Waals surface area (Å²) in [6, 6.07) is 0. The summed E-state index contributed by atoms with van der Waals surface area (Å²) in [6.07, 6.45) is 6.42. The highest BCUT2D eigenvalue weighted by atomic mass is 35.5. The number of aryl methyl sites for hydroxylation is 1. The minimum absolute atomic E-state index is 0.120. The van der Waals surface area contributed by atoms with Crippen molar-refractivity contribution in [2.45, 2.75) is 45.4 Å². The molecule has 0 unspecified atom stereocenters. The Morgan fingerprint density at radius 1 is 1.24 bits per heavy atom. The Balaban J connectivity index is 2.39. The van der Waals surface area contributed by atoms with Crippen LogP contribution in [0.2, 0.25) is 0 Å². The average molecular weight is 330 g/mol. The normalized spacial score (nSPS) is 14.8. The van der Waals surface area contributed by atoms with Gasteiger partial charge in [0.05, 0.1) is 12.2 Å². The lowest BCUT2D eigenvalue weighted by molar-refractivity contribution is -0.113. The van der Waals surface area contributed by atoms with Gasteiger partial charge in [0.2, 0.25) is 5.91 Å². The van der Waals surface area contributed by atoms with Gasteiger partial charge in [-0.2, -0.15) is 0 Å². The number of ether oxygens (including phenoxy) is 1. The van der Waals surface area contributed by atoms with Gasteiger partial charge >= 0.3 is 5.97 Å². The van der Waals surface area contributed by atoms with E-state index < -0.39 is 0 Å². The zero-order valence-corrected chi connectivity index (χ0v) is 13.7. The zero-order chi connectivity index (χ0) is 15.2. The smallest absolute Gasteiger partial charge is 0.341 e. The molecule has 1 aliphatic carbocycles. The molecular formula is C15H20ClNO3S. The van der Waals surface area contributed by atoms with Crippen LogP contribution in [0.1, 0.15) is 53.4 Å². The van der Waals surface area contributed by atoms with Gasteiger partial charge in [0, 0.05) is 4.88 Å². The summed E-state index contributed by atoms with van der Waals surface area (Å²) in [5, 5.41) is 3.33. The molecule has 1 aliphatic rings. The van der Waals surface area contributed by atoms with Crippen molar-refractivity contribution in [3.05, 3.63) is 16.0 Å². The monoisotopic (exact) mass is 329 g/mol. The van der Waals surface area contributed by atoms with Gasteiger partial charge in [-0.3, -0.25) is 4.79 Å². The molecule has 0 aromatic carbocycles. The van der Waals surface area contributed by atoms with Crippen LogP contribution in [0.3, 0.4) is 0 Å². The molecular weight excluding hydrogens is 310 g/mol. The van der Waals surface area contributed by atoms with E-state index in [2.05, 4.69) is 5.32 Å². The molecule has 21 heavy (non-hydrogen) atoms. The van der Waals surface area contributed by atoms with Crippen molar-refractivity contribution < 1.29 is 14.3 Å². The fourth-order valence-electron chi connectivity index (χ4n) is 2.59. The predicted octanol–water partition coefficient (Wildman–Crippen LogP) is 3.76. The number of fused-ring (bicyclic) bond motifs is 1. The van der Waals surface area contributed by atoms with Crippen molar-refractivity contribution in [3.8, 4) is 0 Å². The number of amides is 1. The molecule has 1 amide bonds. The first-order valence-corrected chi connectivity index (χ1v) is 8.70. The van der Waals surface area contributed by atoms with Crippen molar-refractivity contribution in [1.29, 1.82) is 0 Å². The van der Waals surface area contributed by atoms with Gasteiger partial charge < -0.3 is 10.1 Å². The fraction of sp³-hybridized carbons (Fsp3) is 0.600. The zero-order valence-electron chi connectivity index (χ0n) is 12.2. The van der Waals surface area contributed by atoms with Crippen molar-refractivity contribution in [2.24, 2.45) is 0 Å². The van der Waals surface area contributed by atoms with Crippen LogP contribution in [0.5, 0.6) is 0 Å². The molecule has 0 saturated heterocycles. The molecule has 0 aliphatic heterocycles. The number of nitrogens with one attached hydrogen (secondary N) is 1. The third-order valence-corrected chi connectivity index (χ3v) is 4.98. The van der Waals surface area contributed by atoms with E-state index in [0.29, 0.717) is 17.2 Å². The molecule has 116 valence electrons. The Morgan fingerprint density at radius 2 is 1.95 bits per heavy atom. The Kier molecular flexibility index (Phi) is 6.06. The molecule has 1 heterocycles. The molecule has 1 aromatic rings. The van der Waals surface area contributed by atoms with Gasteiger partial charge in [0.15, 0.2) is 0 Å². The molecule has 0 spiro atoms. The van der Waals surface area contributed by atoms with Crippen molar-refractivity contribution >= 4 is 39.8 Å². The van der Waals surface area contributed by atoms with Crippen LogP contribution < -0.4 is 5.32 Å². The lowest BCUT2D eigenvalue weighted by atomic mass is 9.96. The maximum absolute atomic E-state index is 12.3. The van der Waals surface area contributed by atoms with Gasteiger partial charge in [-0.25, -0.2) is 4.79 Å². The van der Waals surface area contributed by atoms with Gasteiger partial charge in [-0.15, -0.1) is 22.9 Å². The summed E-state index contributed by atoms with van der Waals surface area (Å²) in [7, 11) is 0. The quantitative estimate of drug-likeness (QED) is 0.676. The van der Waals surface area contributed by atoms with Crippen molar-refractivity contribution in [1.82, 2.24) is 0 Å². The summed E-state index contributed by atoms with van der Waals surface area (Å²) >= 11 is 7.04. The van der Waals surface area contributed by atoms with Crippen LogP contribution in [0.25, 0.3) is 0 Å². The number of anilines is 1. The van der Waals surface area contributed by atoms with Crippen LogP contribution in [0.15, 0.2) is 0 Å². The molecule has 0 saturated carbocycles. The van der Waals surface area contributed by atoms with Crippen LogP contribution in [0, 0.1) is 0 Å². The summed E-state index contributed by atoms with van der Waals surface area (Å²) in [5.41, 5.74) is 1.60. The van der Waals surface area contributed by atoms with Gasteiger partial charge in [0.25, 0.3) is 0 Å². The van der Waals surface area contributed by atoms with Gasteiger partial charge in [0.1, 0.15) is 10.9 Å². The lowest BCUT2D eigenvalue weighted by Gasteiger charge is -2.11. The van der Waals surface area contributed by atoms with E-state index >= 15 is 0 Å². The minimum Gasteiger partial charge on any atom is -0.462 e. The molecule has 6 heteroatoms. The summed E-state index contributed by atoms with van der Waals surface area (Å²) in [4.78, 5) is 25.0. The van der Waals surface area contributed by atoms with Crippen LogP contribution in [-0.4, -0.2) is 24.4 Å². The summed E-state index contributed by atoms with van der Waals surface area (Å²) in [6.45, 7) is 2.11. The van der Waals surface area contributed by atoms with Crippen molar-refractivity contribution in [3.63, 3.8) is 0 Å². The Bertz CT molecular complexity index is 527. The molecule has 0 bridgehead atoms. The molecule has 2 rings (SSSR count). The van der Waals surface area contributed by atoms with Crippen LogP contribution in [0.4, 0.5) is 5.00 Å². The number of carbonyl (C=O) groups excluding carboxylic acids is 2. The van der Waals surface area contributed by atoms with Crippen LogP contribution >= 0.6 is 22.9 Å². The number of esters is 1. The lowest BCUT2D eigenvalue weighted by Crippen LogP contribution is -2.16. The maximum atomic E-state index is 12.3. The number of hydrogen-bond acceptors (Lipinski definition) is 4. The number of hydrogen-bond donors (Lipinski definition) is 1. The number of halogens is 1. The second-order valence-corrected chi connectivity index (χ2v) is 6.40. The van der Waals surface area contributed by atoms with E-state index in [1.165, 1.54) is 29.1 Å². The highest BCUT2D eigenvalue weighted by Crippen LogP contribution is 2.37. The largest absolute Gasteiger partial charge is 0.462 e. The molecule has 0 radical (unpaired) electrons. The molecule has 0 fully saturated rings. The minimum atomic E-state index is -0.347. The highest BCUT2D eigenvalue weighted by Gasteiger charge is 2.25. The number of rotatable bonds is 4. The predicted molar refractivity (Wildman–Crippen MR) is 85.5 cm³/mol. The third-order valence-electron chi connectivity index (χ3n) is 3.53. The first-order valence-electron chi connectivity index (χ1n) is 7.34. The summed E-state index contributed by atoms with van der Waals surface area (Å²) < 4.78 is 5.16. The first-order chi connectivity index (χ1) is 10.2. The van der Waals surface area contributed by atoms with E-state index in [9.17, 15) is 9.59 Å². The third kappa shape index (κ3) is 3.98. The van der Waals surface area contributed by atoms with E-state index in [1.807, 2.05) is 0 Å². The molecule has 1 N–H and O–H groups in total. The van der Waals surface area contributed by atoms with E-state index in [1.54, 1.807) is 6.92 Å². The number of alkyl halides is 1. The van der Waals surface area contributed by atoms with E-state index in [0.717, 1.165) is 31.2 Å². The Labute approximate surface area is 133 Å². The van der Waals surface area contributed by atoms with Gasteiger partial charge in [-0.05, 0) is 38.2 Å². The van der Waals surface area contributed by atoms with Crippen LogP contribution in [-0.2, 0) is 22.4 Å². The number of thiophene rings is 1. The van der Waals surface area contributed by atoms with E-state index in [4.69, 9.17) is 16.3 Å². The molecule has 1 aromatic heterocycles. The highest BCUT2D eigenvalue weighted by molar-refractivity contribution is 7.17. The Morgan fingerprint density at radius 3 is 2.62 bits per heavy atom. The topological polar surface area (TPSA) is 55.4 Å². The van der Waals surface area contributed by atoms with Gasteiger partial charge in [-0.1, -0.05) is 12.8 Å². The SMILES string of the molecule is CCOC(=O)c1c(NC(=O)CCl)sc2c1CCCCCC2. The maximum Gasteiger partial charge on any atom is 0.341 e. The Hall–Kier alpha value is -1.07. The van der Waals surface area contributed by atoms with Crippen molar-refractivity contribution in [2.75, 3.05) is 17.8 Å². The molecule has 0 atom stereocenters. The fourth-order valence-corrected chi connectivity index (χ4v) is 3.95. The second kappa shape index (κ2) is 7.80. The standard InChI is InChI=1S/C15H20ClNO3S/c1-2-20-15(19)13-10-7-5-3-4-6-8-11(10)21-14(13)17-12(18)9-16/h2-9H2,1H3,(H,17,18). The summed E-state index contributed by atoms with van der Waals surface area (Å²) in [5.74, 6) is -0.762. The average Bonchev–Trinajstić information content (AvgIpc) is 2.76. The second-order valence-electron chi connectivity index (χ2n) is 5.02. The molecule has 4 nitrogen and oxygen atoms in total. The number of carbonyl (C=O) groups is 2. The first kappa shape index (κ1) is 16.3. The van der Waals surface area contributed by atoms with E-state index in [-0.39, 0.29) is 17.8 Å².